The Morgan fingerprint density at radius 3 is 2.39 bits per heavy atom. The van der Waals surface area contributed by atoms with Crippen molar-refractivity contribution < 1.29 is 17.9 Å². The molecular weight excluding hydrogens is 503 g/mol. The minimum atomic E-state index is -3.51. The van der Waals surface area contributed by atoms with E-state index in [1.54, 1.807) is 42.7 Å². The predicted molar refractivity (Wildman–Crippen MR) is 147 cm³/mol. The molecule has 0 radical (unpaired) electrons. The average Bonchev–Trinajstić information content (AvgIpc) is 3.39. The number of hydrogen-bond donors (Lipinski definition) is 3. The Balaban J connectivity index is 1.40. The summed E-state index contributed by atoms with van der Waals surface area (Å²) < 4.78 is 39.7. The van der Waals surface area contributed by atoms with Crippen molar-refractivity contribution in [3.05, 3.63) is 108 Å². The molecule has 5 rings (SSSR count). The van der Waals surface area contributed by atoms with Crippen LogP contribution >= 0.6 is 0 Å². The number of aliphatic hydroxyl groups excluding tert-OH is 1. The fraction of sp³-hybridized carbons (Fsp3) is 0.138. The summed E-state index contributed by atoms with van der Waals surface area (Å²) in [5.74, 6) is -0.173. The molecule has 2 aromatic carbocycles. The zero-order valence-corrected chi connectivity index (χ0v) is 21.5. The van der Waals surface area contributed by atoms with E-state index in [4.69, 9.17) is 0 Å². The first-order chi connectivity index (χ1) is 18.4. The molecule has 0 amide bonds. The molecular formula is C29H27FN4O3S. The number of sulfonamides is 1. The lowest BCUT2D eigenvalue weighted by atomic mass is 9.92. The molecule has 38 heavy (non-hydrogen) atoms. The number of nitrogens with zero attached hydrogens (tertiary/aromatic N) is 2. The lowest BCUT2D eigenvalue weighted by Crippen LogP contribution is -2.27. The Hall–Kier alpha value is -4.21. The van der Waals surface area contributed by atoms with E-state index in [1.165, 1.54) is 31.3 Å². The van der Waals surface area contributed by atoms with Crippen LogP contribution in [0.2, 0.25) is 0 Å². The summed E-state index contributed by atoms with van der Waals surface area (Å²) in [7, 11) is -2.15. The highest BCUT2D eigenvalue weighted by Gasteiger charge is 2.21. The third-order valence-electron chi connectivity index (χ3n) is 6.62. The van der Waals surface area contributed by atoms with Crippen molar-refractivity contribution >= 4 is 21.7 Å². The van der Waals surface area contributed by atoms with E-state index in [1.807, 2.05) is 23.2 Å². The van der Waals surface area contributed by atoms with Crippen LogP contribution in [0, 0.1) is 5.82 Å². The average molecular weight is 531 g/mol. The van der Waals surface area contributed by atoms with E-state index in [9.17, 15) is 17.9 Å². The molecule has 0 saturated heterocycles. The summed E-state index contributed by atoms with van der Waals surface area (Å²) >= 11 is 0. The highest BCUT2D eigenvalue weighted by molar-refractivity contribution is 7.89. The molecule has 0 bridgehead atoms. The first-order valence-corrected chi connectivity index (χ1v) is 13.6. The van der Waals surface area contributed by atoms with Gasteiger partial charge < -0.3 is 15.0 Å². The number of nitrogens with one attached hydrogen (secondary N) is 2. The maximum atomic E-state index is 13.6. The Morgan fingerprint density at radius 1 is 1.05 bits per heavy atom. The highest BCUT2D eigenvalue weighted by atomic mass is 32.2. The third kappa shape index (κ3) is 5.25. The molecule has 1 aliphatic rings. The van der Waals surface area contributed by atoms with Gasteiger partial charge in [0.25, 0.3) is 0 Å². The van der Waals surface area contributed by atoms with Crippen molar-refractivity contribution in [1.29, 1.82) is 0 Å². The van der Waals surface area contributed by atoms with Gasteiger partial charge in [-0.3, -0.25) is 4.98 Å². The van der Waals surface area contributed by atoms with E-state index in [0.29, 0.717) is 25.1 Å². The predicted octanol–water partition coefficient (Wildman–Crippen LogP) is 5.44. The first kappa shape index (κ1) is 25.4. The minimum Gasteiger partial charge on any atom is -0.495 e. The van der Waals surface area contributed by atoms with Crippen LogP contribution in [0.15, 0.2) is 96.1 Å². The van der Waals surface area contributed by atoms with Gasteiger partial charge in [-0.1, -0.05) is 18.2 Å². The van der Waals surface area contributed by atoms with Crippen LogP contribution in [0.25, 0.3) is 34.0 Å². The number of rotatable bonds is 7. The van der Waals surface area contributed by atoms with Crippen molar-refractivity contribution in [2.75, 3.05) is 20.1 Å². The third-order valence-corrected chi connectivity index (χ3v) is 8.05. The van der Waals surface area contributed by atoms with Gasteiger partial charge in [-0.05, 0) is 84.3 Å². The summed E-state index contributed by atoms with van der Waals surface area (Å²) in [5, 5.41) is 10.8. The molecule has 2 aromatic heterocycles. The summed E-state index contributed by atoms with van der Waals surface area (Å²) in [6, 6.07) is 16.7. The van der Waals surface area contributed by atoms with Crippen LogP contribution in [-0.4, -0.2) is 48.5 Å². The molecule has 0 unspecified atom stereocenters. The number of aromatic nitrogens is 2. The smallest absolute Gasteiger partial charge is 0.240 e. The molecule has 0 aliphatic carbocycles. The number of hydrogen-bond acceptors (Lipinski definition) is 5. The molecule has 0 spiro atoms. The normalized spacial score (nSPS) is 14.4. The van der Waals surface area contributed by atoms with Gasteiger partial charge in [0, 0.05) is 48.9 Å². The Bertz CT molecular complexity index is 1590. The Kier molecular flexibility index (Phi) is 7.13. The van der Waals surface area contributed by atoms with Gasteiger partial charge in [-0.2, -0.15) is 0 Å². The molecule has 7 nitrogen and oxygen atoms in total. The van der Waals surface area contributed by atoms with Crippen molar-refractivity contribution in [3.63, 3.8) is 0 Å². The molecule has 1 aliphatic heterocycles. The van der Waals surface area contributed by atoms with Gasteiger partial charge in [-0.15, -0.1) is 0 Å². The number of aromatic amines is 1. The fourth-order valence-corrected chi connectivity index (χ4v) is 5.29. The topological polar surface area (TPSA) is 98.3 Å². The molecule has 0 saturated carbocycles. The van der Waals surface area contributed by atoms with Crippen LogP contribution in [-0.2, 0) is 10.0 Å². The second-order valence-electron chi connectivity index (χ2n) is 8.90. The van der Waals surface area contributed by atoms with Gasteiger partial charge >= 0.3 is 0 Å². The van der Waals surface area contributed by atoms with Crippen molar-refractivity contribution in [2.24, 2.45) is 0 Å². The largest absolute Gasteiger partial charge is 0.495 e. The zero-order valence-electron chi connectivity index (χ0n) is 20.7. The summed E-state index contributed by atoms with van der Waals surface area (Å²) in [4.78, 5) is 9.56. The summed E-state index contributed by atoms with van der Waals surface area (Å²) in [6.45, 7) is 1.12. The van der Waals surface area contributed by atoms with Crippen LogP contribution in [0.1, 0.15) is 17.5 Å². The molecule has 3 heterocycles. The van der Waals surface area contributed by atoms with Gasteiger partial charge in [-0.25, -0.2) is 17.5 Å². The molecule has 0 fully saturated rings. The van der Waals surface area contributed by atoms with E-state index >= 15 is 0 Å². The minimum absolute atomic E-state index is 0.111. The van der Waals surface area contributed by atoms with E-state index in [2.05, 4.69) is 20.8 Å². The molecule has 194 valence electrons. The van der Waals surface area contributed by atoms with Crippen molar-refractivity contribution in [1.82, 2.24) is 19.6 Å². The van der Waals surface area contributed by atoms with Crippen molar-refractivity contribution in [2.45, 2.75) is 11.3 Å². The second kappa shape index (κ2) is 10.6. The number of pyridine rings is 1. The molecule has 3 N–H and O–H groups in total. The van der Waals surface area contributed by atoms with Gasteiger partial charge in [0.2, 0.25) is 10.0 Å². The van der Waals surface area contributed by atoms with Crippen molar-refractivity contribution in [3.8, 4) is 22.4 Å². The molecule has 4 aromatic rings. The maximum absolute atomic E-state index is 13.6. The lowest BCUT2D eigenvalue weighted by Gasteiger charge is -2.27. The monoisotopic (exact) mass is 530 g/mol. The summed E-state index contributed by atoms with van der Waals surface area (Å²) in [5.41, 5.74) is 6.71. The maximum Gasteiger partial charge on any atom is 0.240 e. The summed E-state index contributed by atoms with van der Waals surface area (Å²) in [6.07, 6.45) is 9.91. The molecule has 9 heteroatoms. The van der Waals surface area contributed by atoms with E-state index in [0.717, 1.165) is 33.5 Å². The van der Waals surface area contributed by atoms with Crippen LogP contribution < -0.4 is 4.72 Å². The number of benzene rings is 2. The van der Waals surface area contributed by atoms with Crippen LogP contribution in [0.4, 0.5) is 4.39 Å². The standard InChI is InChI=1S/C29H27FN4O3S/c1-31-38(36,37)25-8-2-20(3-9-25)18-27(35)34-16-12-21(13-17-34)26-19-33-29(23-4-6-24(30)7-5-23)28(26)22-10-14-32-15-11-22/h2-12,14-15,18-19,31,33,35H,13,16-17H2,1H3. The molecule has 0 atom stereocenters. The first-order valence-electron chi connectivity index (χ1n) is 12.1. The van der Waals surface area contributed by atoms with Gasteiger partial charge in [0.15, 0.2) is 5.88 Å². The Labute approximate surface area is 221 Å². The van der Waals surface area contributed by atoms with E-state index < -0.39 is 10.0 Å². The SMILES string of the molecule is CNS(=O)(=O)c1ccc(C=C(O)N2CC=C(c3c[nH]c(-c4ccc(F)cc4)c3-c3ccncc3)CC2)cc1. The second-order valence-corrected chi connectivity index (χ2v) is 10.8. The van der Waals surface area contributed by atoms with Gasteiger partial charge in [0.05, 0.1) is 10.6 Å². The number of aliphatic hydroxyl groups is 1. The van der Waals surface area contributed by atoms with Crippen LogP contribution in [0.3, 0.4) is 0 Å². The Morgan fingerprint density at radius 2 is 1.76 bits per heavy atom. The zero-order chi connectivity index (χ0) is 26.7. The number of halogens is 1. The highest BCUT2D eigenvalue weighted by Crippen LogP contribution is 2.39. The van der Waals surface area contributed by atoms with E-state index in [-0.39, 0.29) is 16.6 Å². The number of H-pyrrole nitrogens is 1. The van der Waals surface area contributed by atoms with Crippen LogP contribution in [0.5, 0.6) is 0 Å². The fourth-order valence-electron chi connectivity index (χ4n) is 4.56. The quantitative estimate of drug-likeness (QED) is 0.277. The van der Waals surface area contributed by atoms with Gasteiger partial charge in [0.1, 0.15) is 5.82 Å². The lowest BCUT2D eigenvalue weighted by molar-refractivity contribution is 0.220.